The molecule has 0 unspecified atom stereocenters. The Kier molecular flexibility index (Phi) is 5.77. The number of ether oxygens (including phenoxy) is 1. The second-order valence-corrected chi connectivity index (χ2v) is 7.78. The van der Waals surface area contributed by atoms with Gasteiger partial charge in [-0.1, -0.05) is 23.7 Å². The molecule has 5 heteroatoms. The summed E-state index contributed by atoms with van der Waals surface area (Å²) < 4.78 is 6.28. The summed E-state index contributed by atoms with van der Waals surface area (Å²) in [6, 6.07) is 17.2. The molecule has 3 aromatic rings. The fourth-order valence-corrected chi connectivity index (χ4v) is 3.94. The quantitative estimate of drug-likeness (QED) is 0.590. The second kappa shape index (κ2) is 8.61. The molecule has 1 N–H and O–H groups in total. The van der Waals surface area contributed by atoms with Crippen LogP contribution < -0.4 is 10.1 Å². The second-order valence-electron chi connectivity index (χ2n) is 7.35. The van der Waals surface area contributed by atoms with Crippen LogP contribution in [0.4, 0.5) is 5.69 Å². The third kappa shape index (κ3) is 4.63. The van der Waals surface area contributed by atoms with E-state index in [1.807, 2.05) is 42.5 Å². The minimum atomic E-state index is 0.0619. The van der Waals surface area contributed by atoms with Gasteiger partial charge in [0.05, 0.1) is 11.6 Å². The molecular weight excluding hydrogens is 372 g/mol. The fourth-order valence-electron chi connectivity index (χ4n) is 3.81. The molecule has 4 nitrogen and oxygen atoms in total. The average Bonchev–Trinajstić information content (AvgIpc) is 2.71. The molecule has 0 spiro atoms. The number of carbonyl (C=O) groups excluding carboxylic acids is 1. The lowest BCUT2D eigenvalue weighted by atomic mass is 9.85. The van der Waals surface area contributed by atoms with Crippen LogP contribution in [0.5, 0.6) is 5.75 Å². The Balaban J connectivity index is 1.28. The van der Waals surface area contributed by atoms with Crippen LogP contribution in [0.3, 0.4) is 0 Å². The van der Waals surface area contributed by atoms with E-state index >= 15 is 0 Å². The lowest BCUT2D eigenvalue weighted by Gasteiger charge is -2.29. The summed E-state index contributed by atoms with van der Waals surface area (Å²) in [5.41, 5.74) is 1.74. The Hall–Kier alpha value is -2.59. The standard InChI is InChI=1S/C23H23ClN2O2/c24-17-7-9-18(10-8-17)26-23(27)15-16-5-11-19(12-6-16)28-22-13-14-25-21-4-2-1-3-20(21)22/h1-4,7-10,13-14,16,19H,5-6,11-12,15H2,(H,26,27). The van der Waals surface area contributed by atoms with Gasteiger partial charge in [-0.05, 0) is 74.1 Å². The molecule has 1 aromatic heterocycles. The number of carbonyl (C=O) groups is 1. The molecule has 1 fully saturated rings. The normalized spacial score (nSPS) is 19.3. The van der Waals surface area contributed by atoms with Gasteiger partial charge >= 0.3 is 0 Å². The van der Waals surface area contributed by atoms with E-state index in [-0.39, 0.29) is 12.0 Å². The first-order chi connectivity index (χ1) is 13.7. The van der Waals surface area contributed by atoms with Gasteiger partial charge in [-0.3, -0.25) is 9.78 Å². The summed E-state index contributed by atoms with van der Waals surface area (Å²) in [6.07, 6.45) is 6.48. The van der Waals surface area contributed by atoms with E-state index in [1.165, 1.54) is 0 Å². The number of halogens is 1. The topological polar surface area (TPSA) is 51.2 Å². The fraction of sp³-hybridized carbons (Fsp3) is 0.304. The van der Waals surface area contributed by atoms with E-state index in [4.69, 9.17) is 16.3 Å². The van der Waals surface area contributed by atoms with Crippen LogP contribution in [0.25, 0.3) is 10.9 Å². The number of rotatable bonds is 5. The number of nitrogens with one attached hydrogen (secondary N) is 1. The van der Waals surface area contributed by atoms with Crippen molar-refractivity contribution in [3.8, 4) is 5.75 Å². The van der Waals surface area contributed by atoms with E-state index < -0.39 is 0 Å². The van der Waals surface area contributed by atoms with Gasteiger partial charge in [-0.25, -0.2) is 0 Å². The highest BCUT2D eigenvalue weighted by atomic mass is 35.5. The minimum Gasteiger partial charge on any atom is -0.490 e. The van der Waals surface area contributed by atoms with Crippen LogP contribution in [-0.4, -0.2) is 17.0 Å². The van der Waals surface area contributed by atoms with Crippen LogP contribution >= 0.6 is 11.6 Å². The van der Waals surface area contributed by atoms with Gasteiger partial charge in [-0.2, -0.15) is 0 Å². The third-order valence-electron chi connectivity index (χ3n) is 5.30. The zero-order chi connectivity index (χ0) is 19.3. The van der Waals surface area contributed by atoms with Gasteiger partial charge < -0.3 is 10.1 Å². The molecule has 28 heavy (non-hydrogen) atoms. The van der Waals surface area contributed by atoms with Gasteiger partial charge in [0.2, 0.25) is 5.91 Å². The Bertz CT molecular complexity index is 945. The summed E-state index contributed by atoms with van der Waals surface area (Å²) in [4.78, 5) is 16.7. The molecule has 1 aliphatic rings. The highest BCUT2D eigenvalue weighted by Crippen LogP contribution is 2.32. The summed E-state index contributed by atoms with van der Waals surface area (Å²) in [5, 5.41) is 4.67. The molecule has 0 aliphatic heterocycles. The number of para-hydroxylation sites is 1. The monoisotopic (exact) mass is 394 g/mol. The average molecular weight is 395 g/mol. The summed E-state index contributed by atoms with van der Waals surface area (Å²) in [5.74, 6) is 1.36. The number of amides is 1. The first kappa shape index (κ1) is 18.8. The van der Waals surface area contributed by atoms with Crippen molar-refractivity contribution in [2.45, 2.75) is 38.2 Å². The maximum atomic E-state index is 12.3. The largest absolute Gasteiger partial charge is 0.490 e. The number of pyridine rings is 1. The van der Waals surface area contributed by atoms with E-state index in [0.717, 1.165) is 48.0 Å². The summed E-state index contributed by atoms with van der Waals surface area (Å²) in [6.45, 7) is 0. The highest BCUT2D eigenvalue weighted by molar-refractivity contribution is 6.30. The number of hydrogen-bond donors (Lipinski definition) is 1. The molecular formula is C23H23ClN2O2. The molecule has 4 rings (SSSR count). The smallest absolute Gasteiger partial charge is 0.224 e. The van der Waals surface area contributed by atoms with Crippen molar-refractivity contribution in [1.82, 2.24) is 4.98 Å². The number of anilines is 1. The molecule has 1 amide bonds. The number of hydrogen-bond acceptors (Lipinski definition) is 3. The highest BCUT2D eigenvalue weighted by Gasteiger charge is 2.24. The molecule has 2 aromatic carbocycles. The minimum absolute atomic E-state index is 0.0619. The maximum Gasteiger partial charge on any atom is 0.224 e. The van der Waals surface area contributed by atoms with Crippen molar-refractivity contribution < 1.29 is 9.53 Å². The first-order valence-electron chi connectivity index (χ1n) is 9.73. The van der Waals surface area contributed by atoms with E-state index in [2.05, 4.69) is 10.3 Å². The molecule has 0 saturated heterocycles. The molecule has 1 saturated carbocycles. The van der Waals surface area contributed by atoms with Crippen LogP contribution in [0.2, 0.25) is 5.02 Å². The summed E-state index contributed by atoms with van der Waals surface area (Å²) in [7, 11) is 0. The van der Waals surface area contributed by atoms with Gasteiger partial charge in [-0.15, -0.1) is 0 Å². The number of aromatic nitrogens is 1. The first-order valence-corrected chi connectivity index (χ1v) is 10.1. The van der Waals surface area contributed by atoms with Crippen molar-refractivity contribution in [3.63, 3.8) is 0 Å². The molecule has 144 valence electrons. The van der Waals surface area contributed by atoms with Gasteiger partial charge in [0.1, 0.15) is 5.75 Å². The lowest BCUT2D eigenvalue weighted by molar-refractivity contribution is -0.117. The van der Waals surface area contributed by atoms with Gasteiger partial charge in [0.15, 0.2) is 0 Å². The maximum absolute atomic E-state index is 12.3. The van der Waals surface area contributed by atoms with E-state index in [9.17, 15) is 4.79 Å². The lowest BCUT2D eigenvalue weighted by Crippen LogP contribution is -2.26. The van der Waals surface area contributed by atoms with E-state index in [0.29, 0.717) is 17.4 Å². The van der Waals surface area contributed by atoms with Crippen molar-refractivity contribution in [3.05, 3.63) is 65.8 Å². The Morgan fingerprint density at radius 3 is 2.57 bits per heavy atom. The van der Waals surface area contributed by atoms with Crippen molar-refractivity contribution in [2.24, 2.45) is 5.92 Å². The predicted octanol–water partition coefficient (Wildman–Crippen LogP) is 5.85. The summed E-state index contributed by atoms with van der Waals surface area (Å²) >= 11 is 5.88. The zero-order valence-corrected chi connectivity index (χ0v) is 16.4. The Morgan fingerprint density at radius 1 is 1.04 bits per heavy atom. The SMILES string of the molecule is O=C(CC1CCC(Oc2ccnc3ccccc23)CC1)Nc1ccc(Cl)cc1. The van der Waals surface area contributed by atoms with Crippen LogP contribution in [-0.2, 0) is 4.79 Å². The van der Waals surface area contributed by atoms with Crippen molar-refractivity contribution >= 4 is 34.1 Å². The molecule has 1 aliphatic carbocycles. The Labute approximate surface area is 169 Å². The van der Waals surface area contributed by atoms with Crippen LogP contribution in [0, 0.1) is 5.92 Å². The Morgan fingerprint density at radius 2 is 1.79 bits per heavy atom. The number of fused-ring (bicyclic) bond motifs is 1. The number of nitrogens with zero attached hydrogens (tertiary/aromatic N) is 1. The molecule has 0 atom stereocenters. The van der Waals surface area contributed by atoms with Crippen LogP contribution in [0.15, 0.2) is 60.8 Å². The molecule has 0 bridgehead atoms. The van der Waals surface area contributed by atoms with Gasteiger partial charge in [0, 0.05) is 28.7 Å². The molecule has 0 radical (unpaired) electrons. The third-order valence-corrected chi connectivity index (χ3v) is 5.55. The predicted molar refractivity (Wildman–Crippen MR) is 113 cm³/mol. The zero-order valence-electron chi connectivity index (χ0n) is 15.6. The van der Waals surface area contributed by atoms with E-state index in [1.54, 1.807) is 18.3 Å². The van der Waals surface area contributed by atoms with Crippen LogP contribution in [0.1, 0.15) is 32.1 Å². The molecule has 1 heterocycles. The van der Waals surface area contributed by atoms with Crippen molar-refractivity contribution in [2.75, 3.05) is 5.32 Å². The number of benzene rings is 2. The van der Waals surface area contributed by atoms with Crippen molar-refractivity contribution in [1.29, 1.82) is 0 Å². The van der Waals surface area contributed by atoms with Gasteiger partial charge in [0.25, 0.3) is 0 Å².